The summed E-state index contributed by atoms with van der Waals surface area (Å²) in [6.07, 6.45) is -4.60. The van der Waals surface area contributed by atoms with Crippen molar-refractivity contribution in [3.63, 3.8) is 0 Å². The van der Waals surface area contributed by atoms with Gasteiger partial charge in [-0.15, -0.1) is 0 Å². The van der Waals surface area contributed by atoms with Crippen LogP contribution in [-0.4, -0.2) is 10.5 Å². The number of rotatable bonds is 3. The van der Waals surface area contributed by atoms with E-state index in [1.165, 1.54) is 30.3 Å². The van der Waals surface area contributed by atoms with Gasteiger partial charge in [0.2, 0.25) is 0 Å². The molecule has 0 saturated carbocycles. The van der Waals surface area contributed by atoms with Crippen LogP contribution in [0.15, 0.2) is 71.5 Å². The number of aromatic nitrogens is 1. The summed E-state index contributed by atoms with van der Waals surface area (Å²) in [5.41, 5.74) is -0.879. The maximum absolute atomic E-state index is 13.4. The number of halogens is 5. The van der Waals surface area contributed by atoms with Gasteiger partial charge in [-0.05, 0) is 48.0 Å². The standard InChI is InChI=1S/C24H15Cl2F3N2O2/c1-31-19-8-3-2-7-17(19)21(32)20(13-5-4-6-14(11-13)24(27,28)29)22(31)30-23(33)16-10-9-15(25)12-18(16)26/h2-12H,1H3,(H,30,33). The third kappa shape index (κ3) is 4.34. The summed E-state index contributed by atoms with van der Waals surface area (Å²) in [4.78, 5) is 26.4. The van der Waals surface area contributed by atoms with E-state index in [0.29, 0.717) is 15.9 Å². The molecule has 0 spiro atoms. The molecular formula is C24H15Cl2F3N2O2. The van der Waals surface area contributed by atoms with Crippen molar-refractivity contribution in [2.45, 2.75) is 6.18 Å². The second-order valence-electron chi connectivity index (χ2n) is 7.29. The molecule has 1 heterocycles. The fourth-order valence-corrected chi connectivity index (χ4v) is 4.10. The van der Waals surface area contributed by atoms with Gasteiger partial charge in [0.05, 0.1) is 27.2 Å². The Kier molecular flexibility index (Phi) is 5.95. The number of alkyl halides is 3. The second kappa shape index (κ2) is 8.57. The van der Waals surface area contributed by atoms with E-state index in [4.69, 9.17) is 23.2 Å². The van der Waals surface area contributed by atoms with Crippen molar-refractivity contribution in [3.8, 4) is 11.1 Å². The average molecular weight is 491 g/mol. The zero-order valence-electron chi connectivity index (χ0n) is 17.0. The monoisotopic (exact) mass is 490 g/mol. The molecule has 168 valence electrons. The largest absolute Gasteiger partial charge is 0.416 e. The van der Waals surface area contributed by atoms with Crippen molar-refractivity contribution in [2.75, 3.05) is 5.32 Å². The lowest BCUT2D eigenvalue weighted by Crippen LogP contribution is -2.21. The summed E-state index contributed by atoms with van der Waals surface area (Å²) >= 11 is 12.0. The Hall–Kier alpha value is -3.29. The van der Waals surface area contributed by atoms with Crippen LogP contribution in [0.1, 0.15) is 15.9 Å². The zero-order chi connectivity index (χ0) is 23.9. The van der Waals surface area contributed by atoms with Gasteiger partial charge in [-0.2, -0.15) is 13.2 Å². The molecule has 1 amide bonds. The van der Waals surface area contributed by atoms with Crippen molar-refractivity contribution in [2.24, 2.45) is 7.05 Å². The molecule has 1 aromatic heterocycles. The van der Waals surface area contributed by atoms with Crippen LogP contribution in [0.3, 0.4) is 0 Å². The van der Waals surface area contributed by atoms with Crippen LogP contribution in [0.5, 0.6) is 0 Å². The van der Waals surface area contributed by atoms with Crippen molar-refractivity contribution in [1.82, 2.24) is 4.57 Å². The minimum atomic E-state index is -4.60. The number of para-hydroxylation sites is 1. The van der Waals surface area contributed by atoms with Crippen LogP contribution >= 0.6 is 23.2 Å². The highest BCUT2D eigenvalue weighted by atomic mass is 35.5. The number of nitrogens with one attached hydrogen (secondary N) is 1. The highest BCUT2D eigenvalue weighted by Gasteiger charge is 2.31. The lowest BCUT2D eigenvalue weighted by molar-refractivity contribution is -0.137. The highest BCUT2D eigenvalue weighted by Crippen LogP contribution is 2.34. The molecule has 0 aliphatic heterocycles. The molecule has 4 nitrogen and oxygen atoms in total. The molecule has 0 saturated heterocycles. The van der Waals surface area contributed by atoms with E-state index in [9.17, 15) is 22.8 Å². The van der Waals surface area contributed by atoms with E-state index >= 15 is 0 Å². The predicted molar refractivity (Wildman–Crippen MR) is 124 cm³/mol. The topological polar surface area (TPSA) is 51.1 Å². The Morgan fingerprint density at radius 2 is 1.70 bits per heavy atom. The number of nitrogens with zero attached hydrogens (tertiary/aromatic N) is 1. The van der Waals surface area contributed by atoms with E-state index < -0.39 is 23.1 Å². The van der Waals surface area contributed by atoms with Crippen molar-refractivity contribution >= 4 is 45.8 Å². The number of pyridine rings is 1. The van der Waals surface area contributed by atoms with Gasteiger partial charge < -0.3 is 9.88 Å². The number of fused-ring (bicyclic) bond motifs is 1. The van der Waals surface area contributed by atoms with Crippen LogP contribution in [0.2, 0.25) is 10.0 Å². The third-order valence-corrected chi connectivity index (χ3v) is 5.74. The molecule has 0 bridgehead atoms. The van der Waals surface area contributed by atoms with Gasteiger partial charge in [0.15, 0.2) is 5.43 Å². The third-order valence-electron chi connectivity index (χ3n) is 5.20. The number of anilines is 1. The summed E-state index contributed by atoms with van der Waals surface area (Å²) in [7, 11) is 1.61. The van der Waals surface area contributed by atoms with Gasteiger partial charge in [0.25, 0.3) is 5.91 Å². The van der Waals surface area contributed by atoms with Crippen molar-refractivity contribution in [1.29, 1.82) is 0 Å². The molecule has 3 aromatic carbocycles. The normalized spacial score (nSPS) is 11.6. The van der Waals surface area contributed by atoms with Gasteiger partial charge in [0, 0.05) is 17.5 Å². The molecular weight excluding hydrogens is 476 g/mol. The number of carbonyl (C=O) groups is 1. The van der Waals surface area contributed by atoms with Crippen LogP contribution in [0.4, 0.5) is 19.0 Å². The van der Waals surface area contributed by atoms with Gasteiger partial charge >= 0.3 is 6.18 Å². The van der Waals surface area contributed by atoms with Crippen LogP contribution < -0.4 is 10.7 Å². The molecule has 0 unspecified atom stereocenters. The summed E-state index contributed by atoms with van der Waals surface area (Å²) in [5, 5.41) is 3.38. The Balaban J connectivity index is 1.96. The minimum Gasteiger partial charge on any atom is -0.330 e. The maximum Gasteiger partial charge on any atom is 0.416 e. The SMILES string of the molecule is Cn1c(NC(=O)c2ccc(Cl)cc2Cl)c(-c2cccc(C(F)(F)F)c2)c(=O)c2ccccc21. The first-order valence-electron chi connectivity index (χ1n) is 9.63. The Bertz CT molecular complexity index is 1460. The molecule has 4 aromatic rings. The smallest absolute Gasteiger partial charge is 0.330 e. The summed E-state index contributed by atoms with van der Waals surface area (Å²) in [6, 6.07) is 15.3. The number of benzene rings is 3. The van der Waals surface area contributed by atoms with Crippen molar-refractivity contribution < 1.29 is 18.0 Å². The van der Waals surface area contributed by atoms with Gasteiger partial charge in [-0.1, -0.05) is 47.5 Å². The zero-order valence-corrected chi connectivity index (χ0v) is 18.5. The van der Waals surface area contributed by atoms with E-state index in [1.807, 2.05) is 0 Å². The van der Waals surface area contributed by atoms with Crippen LogP contribution in [0, 0.1) is 0 Å². The predicted octanol–water partition coefficient (Wildman–Crippen LogP) is 6.78. The summed E-state index contributed by atoms with van der Waals surface area (Å²) in [6.45, 7) is 0. The molecule has 4 rings (SSSR count). The van der Waals surface area contributed by atoms with Gasteiger partial charge in [-0.3, -0.25) is 9.59 Å². The Morgan fingerprint density at radius 1 is 0.970 bits per heavy atom. The lowest BCUT2D eigenvalue weighted by Gasteiger charge is -2.19. The quantitative estimate of drug-likeness (QED) is 0.344. The maximum atomic E-state index is 13.4. The molecule has 9 heteroatoms. The van der Waals surface area contributed by atoms with E-state index in [1.54, 1.807) is 35.9 Å². The molecule has 0 aliphatic rings. The average Bonchev–Trinajstić information content (AvgIpc) is 2.77. The van der Waals surface area contributed by atoms with Crippen LogP contribution in [0.25, 0.3) is 22.0 Å². The first-order chi connectivity index (χ1) is 15.6. The van der Waals surface area contributed by atoms with Crippen LogP contribution in [-0.2, 0) is 13.2 Å². The fourth-order valence-electron chi connectivity index (χ4n) is 3.60. The van der Waals surface area contributed by atoms with E-state index in [0.717, 1.165) is 12.1 Å². The Labute approximate surface area is 196 Å². The number of amides is 1. The number of hydrogen-bond acceptors (Lipinski definition) is 2. The molecule has 33 heavy (non-hydrogen) atoms. The summed E-state index contributed by atoms with van der Waals surface area (Å²) in [5.74, 6) is -0.607. The number of aryl methyl sites for hydroxylation is 1. The number of carbonyl (C=O) groups excluding carboxylic acids is 1. The molecule has 0 atom stereocenters. The Morgan fingerprint density at radius 3 is 2.39 bits per heavy atom. The molecule has 1 N–H and O–H groups in total. The van der Waals surface area contributed by atoms with Gasteiger partial charge in [0.1, 0.15) is 5.82 Å². The first kappa shape index (κ1) is 22.9. The molecule has 0 aliphatic carbocycles. The molecule has 0 radical (unpaired) electrons. The van der Waals surface area contributed by atoms with Crippen molar-refractivity contribution in [3.05, 3.63) is 98.1 Å². The summed E-state index contributed by atoms with van der Waals surface area (Å²) < 4.78 is 41.6. The first-order valence-corrected chi connectivity index (χ1v) is 10.4. The number of hydrogen-bond donors (Lipinski definition) is 1. The second-order valence-corrected chi connectivity index (χ2v) is 8.13. The van der Waals surface area contributed by atoms with Gasteiger partial charge in [-0.25, -0.2) is 0 Å². The minimum absolute atomic E-state index is 0.0219. The highest BCUT2D eigenvalue weighted by molar-refractivity contribution is 6.37. The molecule has 0 fully saturated rings. The lowest BCUT2D eigenvalue weighted by atomic mass is 10.00. The van der Waals surface area contributed by atoms with E-state index in [-0.39, 0.29) is 27.5 Å². The fraction of sp³-hybridized carbons (Fsp3) is 0.0833. The van der Waals surface area contributed by atoms with E-state index in [2.05, 4.69) is 5.32 Å².